The molecule has 0 aliphatic rings. The first-order chi connectivity index (χ1) is 12.4. The molecule has 25 heavy (non-hydrogen) atoms. The Labute approximate surface area is 156 Å². The highest BCUT2D eigenvalue weighted by Gasteiger charge is 2.35. The van der Waals surface area contributed by atoms with Crippen LogP contribution in [0.15, 0.2) is 91.0 Å². The van der Waals surface area contributed by atoms with Crippen molar-refractivity contribution in [1.29, 1.82) is 0 Å². The summed E-state index contributed by atoms with van der Waals surface area (Å²) in [5.74, 6) is 0.927. The Bertz CT molecular complexity index is 644. The van der Waals surface area contributed by atoms with Crippen LogP contribution in [0.4, 0.5) is 0 Å². The first-order valence-corrected chi connectivity index (χ1v) is 9.53. The van der Waals surface area contributed by atoms with Crippen LogP contribution < -0.4 is 5.32 Å². The number of nitrogens with one attached hydrogen (secondary N) is 1. The van der Waals surface area contributed by atoms with E-state index in [1.807, 2.05) is 0 Å². The standard InChI is InChI=1S/C23H25NS/c25-19-11-10-18-24-23(20-12-4-1-5-13-20,21-14-6-2-7-15-21)22-16-8-3-9-17-22/h1-9,12-17,24-25H,10-11,18-19H2. The maximum absolute atomic E-state index is 4.35. The number of benzene rings is 3. The Morgan fingerprint density at radius 2 is 1.00 bits per heavy atom. The first-order valence-electron chi connectivity index (χ1n) is 8.90. The van der Waals surface area contributed by atoms with Gasteiger partial charge in [-0.05, 0) is 41.8 Å². The average Bonchev–Trinajstić information content (AvgIpc) is 2.70. The SMILES string of the molecule is SCCCCNC(c1ccccc1)(c1ccccc1)c1ccccc1. The largest absolute Gasteiger partial charge is 0.300 e. The van der Waals surface area contributed by atoms with Crippen LogP contribution in [-0.2, 0) is 5.54 Å². The molecule has 3 aromatic rings. The summed E-state index contributed by atoms with van der Waals surface area (Å²) in [7, 11) is 0. The zero-order chi connectivity index (χ0) is 17.4. The maximum atomic E-state index is 4.35. The molecule has 0 saturated carbocycles. The number of hydrogen-bond donors (Lipinski definition) is 2. The molecule has 1 nitrogen and oxygen atoms in total. The number of unbranched alkanes of at least 4 members (excludes halogenated alkanes) is 1. The van der Waals surface area contributed by atoms with Crippen LogP contribution in [0.5, 0.6) is 0 Å². The molecule has 0 aromatic heterocycles. The topological polar surface area (TPSA) is 12.0 Å². The summed E-state index contributed by atoms with van der Waals surface area (Å²) in [5.41, 5.74) is 3.44. The monoisotopic (exact) mass is 347 g/mol. The molecule has 0 unspecified atom stereocenters. The third kappa shape index (κ3) is 3.97. The smallest absolute Gasteiger partial charge is 0.0947 e. The molecule has 128 valence electrons. The number of hydrogen-bond acceptors (Lipinski definition) is 2. The van der Waals surface area contributed by atoms with Crippen molar-refractivity contribution < 1.29 is 0 Å². The first kappa shape index (κ1) is 17.8. The van der Waals surface area contributed by atoms with Gasteiger partial charge in [-0.3, -0.25) is 5.32 Å². The molecule has 0 radical (unpaired) electrons. The Morgan fingerprint density at radius 3 is 1.36 bits per heavy atom. The number of thiol groups is 1. The van der Waals surface area contributed by atoms with Crippen molar-refractivity contribution in [3.05, 3.63) is 108 Å². The zero-order valence-electron chi connectivity index (χ0n) is 14.4. The van der Waals surface area contributed by atoms with Gasteiger partial charge in [-0.1, -0.05) is 91.0 Å². The van der Waals surface area contributed by atoms with Gasteiger partial charge < -0.3 is 0 Å². The fourth-order valence-corrected chi connectivity index (χ4v) is 3.61. The van der Waals surface area contributed by atoms with Crippen molar-refractivity contribution in [2.45, 2.75) is 18.4 Å². The van der Waals surface area contributed by atoms with Gasteiger partial charge in [0.25, 0.3) is 0 Å². The zero-order valence-corrected chi connectivity index (χ0v) is 15.3. The van der Waals surface area contributed by atoms with Gasteiger partial charge in [-0.2, -0.15) is 12.6 Å². The van der Waals surface area contributed by atoms with E-state index in [1.165, 1.54) is 16.7 Å². The Hall–Kier alpha value is -2.03. The van der Waals surface area contributed by atoms with Crippen LogP contribution in [0.25, 0.3) is 0 Å². The van der Waals surface area contributed by atoms with Crippen molar-refractivity contribution in [3.63, 3.8) is 0 Å². The van der Waals surface area contributed by atoms with Crippen molar-refractivity contribution >= 4 is 12.6 Å². The summed E-state index contributed by atoms with van der Waals surface area (Å²) in [5, 5.41) is 3.88. The second kappa shape index (κ2) is 8.89. The molecular weight excluding hydrogens is 322 g/mol. The van der Waals surface area contributed by atoms with Crippen molar-refractivity contribution in [2.24, 2.45) is 0 Å². The van der Waals surface area contributed by atoms with E-state index >= 15 is 0 Å². The number of rotatable bonds is 8. The van der Waals surface area contributed by atoms with Crippen LogP contribution in [0.2, 0.25) is 0 Å². The highest BCUT2D eigenvalue weighted by Crippen LogP contribution is 2.36. The maximum Gasteiger partial charge on any atom is 0.0947 e. The van der Waals surface area contributed by atoms with Crippen molar-refractivity contribution in [3.8, 4) is 0 Å². The molecule has 0 atom stereocenters. The molecule has 0 amide bonds. The van der Waals surface area contributed by atoms with Crippen LogP contribution in [0.1, 0.15) is 29.5 Å². The van der Waals surface area contributed by atoms with Gasteiger partial charge >= 0.3 is 0 Å². The summed E-state index contributed by atoms with van der Waals surface area (Å²) in [6.07, 6.45) is 2.22. The molecule has 3 aromatic carbocycles. The molecule has 0 fully saturated rings. The quantitative estimate of drug-likeness (QED) is 0.321. The minimum Gasteiger partial charge on any atom is -0.300 e. The van der Waals surface area contributed by atoms with Gasteiger partial charge in [-0.25, -0.2) is 0 Å². The second-order valence-corrected chi connectivity index (χ2v) is 6.65. The third-order valence-electron chi connectivity index (χ3n) is 4.60. The van der Waals surface area contributed by atoms with Crippen LogP contribution in [0, 0.1) is 0 Å². The molecule has 0 spiro atoms. The van der Waals surface area contributed by atoms with E-state index in [1.54, 1.807) is 0 Å². The van der Waals surface area contributed by atoms with Gasteiger partial charge in [0.15, 0.2) is 0 Å². The summed E-state index contributed by atoms with van der Waals surface area (Å²) in [6.45, 7) is 0.944. The molecular formula is C23H25NS. The predicted octanol–water partition coefficient (Wildman–Crippen LogP) is 5.28. The lowest BCUT2D eigenvalue weighted by atomic mass is 9.77. The molecule has 0 aliphatic carbocycles. The summed E-state index contributed by atoms with van der Waals surface area (Å²) in [6, 6.07) is 32.2. The highest BCUT2D eigenvalue weighted by atomic mass is 32.1. The fourth-order valence-electron chi connectivity index (χ4n) is 3.38. The molecule has 2 heteroatoms. The Kier molecular flexibility index (Phi) is 6.32. The van der Waals surface area contributed by atoms with Crippen molar-refractivity contribution in [1.82, 2.24) is 5.32 Å². The van der Waals surface area contributed by atoms with E-state index < -0.39 is 0 Å². The molecule has 1 N–H and O–H groups in total. The van der Waals surface area contributed by atoms with Gasteiger partial charge in [0.1, 0.15) is 0 Å². The fraction of sp³-hybridized carbons (Fsp3) is 0.217. The molecule has 0 bridgehead atoms. The lowest BCUT2D eigenvalue weighted by Gasteiger charge is -2.37. The minimum atomic E-state index is -0.347. The van der Waals surface area contributed by atoms with Crippen LogP contribution >= 0.6 is 12.6 Å². The van der Waals surface area contributed by atoms with Gasteiger partial charge in [0.2, 0.25) is 0 Å². The van der Waals surface area contributed by atoms with Crippen molar-refractivity contribution in [2.75, 3.05) is 12.3 Å². The van der Waals surface area contributed by atoms with Gasteiger partial charge in [-0.15, -0.1) is 0 Å². The normalized spacial score (nSPS) is 11.4. The van der Waals surface area contributed by atoms with Crippen LogP contribution in [-0.4, -0.2) is 12.3 Å². The van der Waals surface area contributed by atoms with E-state index in [2.05, 4.69) is 109 Å². The minimum absolute atomic E-state index is 0.347. The van der Waals surface area contributed by atoms with Gasteiger partial charge in [0.05, 0.1) is 5.54 Å². The van der Waals surface area contributed by atoms with E-state index in [4.69, 9.17) is 0 Å². The molecule has 0 saturated heterocycles. The Morgan fingerprint density at radius 1 is 0.600 bits per heavy atom. The lowest BCUT2D eigenvalue weighted by molar-refractivity contribution is 0.465. The highest BCUT2D eigenvalue weighted by molar-refractivity contribution is 7.80. The summed E-state index contributed by atoms with van der Waals surface area (Å²) in [4.78, 5) is 0. The third-order valence-corrected chi connectivity index (χ3v) is 4.91. The van der Waals surface area contributed by atoms with E-state index in [0.717, 1.165) is 25.1 Å². The molecule has 0 heterocycles. The molecule has 0 aliphatic heterocycles. The molecule has 3 rings (SSSR count). The predicted molar refractivity (Wildman–Crippen MR) is 110 cm³/mol. The summed E-state index contributed by atoms with van der Waals surface area (Å²) >= 11 is 4.35. The lowest BCUT2D eigenvalue weighted by Crippen LogP contribution is -2.45. The summed E-state index contributed by atoms with van der Waals surface area (Å²) < 4.78 is 0. The van der Waals surface area contributed by atoms with Gasteiger partial charge in [0, 0.05) is 0 Å². The van der Waals surface area contributed by atoms with Crippen LogP contribution in [0.3, 0.4) is 0 Å². The van der Waals surface area contributed by atoms with E-state index in [-0.39, 0.29) is 5.54 Å². The van der Waals surface area contributed by atoms with E-state index in [9.17, 15) is 0 Å². The second-order valence-electron chi connectivity index (χ2n) is 6.21. The Balaban J connectivity index is 2.13. The average molecular weight is 348 g/mol. The van der Waals surface area contributed by atoms with E-state index in [0.29, 0.717) is 0 Å².